The SMILES string of the molecule is CC(N)CC(=O)N1CCCC[C@H]1C(=O)O. The van der Waals surface area contributed by atoms with Crippen LogP contribution in [0.1, 0.15) is 32.6 Å². The molecule has 15 heavy (non-hydrogen) atoms. The van der Waals surface area contributed by atoms with E-state index in [4.69, 9.17) is 10.8 Å². The topological polar surface area (TPSA) is 83.6 Å². The normalized spacial score (nSPS) is 23.6. The van der Waals surface area contributed by atoms with Crippen LogP contribution in [0.5, 0.6) is 0 Å². The first kappa shape index (κ1) is 12.0. The minimum Gasteiger partial charge on any atom is -0.480 e. The summed E-state index contributed by atoms with van der Waals surface area (Å²) in [5, 5.41) is 8.97. The number of nitrogens with zero attached hydrogens (tertiary/aromatic N) is 1. The van der Waals surface area contributed by atoms with E-state index in [0.29, 0.717) is 13.0 Å². The molecule has 1 rings (SSSR count). The van der Waals surface area contributed by atoms with Gasteiger partial charge in [0.1, 0.15) is 6.04 Å². The molecule has 86 valence electrons. The number of carbonyl (C=O) groups is 2. The number of piperidine rings is 1. The molecule has 1 saturated heterocycles. The summed E-state index contributed by atoms with van der Waals surface area (Å²) in [4.78, 5) is 24.1. The Morgan fingerprint density at radius 1 is 1.53 bits per heavy atom. The fraction of sp³-hybridized carbons (Fsp3) is 0.800. The van der Waals surface area contributed by atoms with Crippen molar-refractivity contribution in [3.8, 4) is 0 Å². The highest BCUT2D eigenvalue weighted by atomic mass is 16.4. The first-order chi connectivity index (χ1) is 7.02. The van der Waals surface area contributed by atoms with Gasteiger partial charge in [0, 0.05) is 19.0 Å². The lowest BCUT2D eigenvalue weighted by atomic mass is 10.0. The first-order valence-corrected chi connectivity index (χ1v) is 5.30. The molecule has 0 aromatic carbocycles. The molecule has 1 aliphatic rings. The van der Waals surface area contributed by atoms with Crippen LogP contribution >= 0.6 is 0 Å². The van der Waals surface area contributed by atoms with Gasteiger partial charge in [0.25, 0.3) is 0 Å². The van der Waals surface area contributed by atoms with Crippen molar-refractivity contribution in [2.45, 2.75) is 44.7 Å². The quantitative estimate of drug-likeness (QED) is 0.702. The number of hydrogen-bond donors (Lipinski definition) is 2. The second-order valence-corrected chi connectivity index (χ2v) is 4.12. The highest BCUT2D eigenvalue weighted by Crippen LogP contribution is 2.18. The number of amides is 1. The highest BCUT2D eigenvalue weighted by Gasteiger charge is 2.31. The molecule has 1 fully saturated rings. The van der Waals surface area contributed by atoms with Crippen molar-refractivity contribution in [2.75, 3.05) is 6.54 Å². The first-order valence-electron chi connectivity index (χ1n) is 5.30. The van der Waals surface area contributed by atoms with Crippen LogP contribution in [0.15, 0.2) is 0 Å². The van der Waals surface area contributed by atoms with Gasteiger partial charge in [0.15, 0.2) is 0 Å². The summed E-state index contributed by atoms with van der Waals surface area (Å²) in [7, 11) is 0. The van der Waals surface area contributed by atoms with Gasteiger partial charge in [-0.3, -0.25) is 4.79 Å². The van der Waals surface area contributed by atoms with Crippen molar-refractivity contribution in [1.82, 2.24) is 4.90 Å². The molecule has 3 N–H and O–H groups in total. The summed E-state index contributed by atoms with van der Waals surface area (Å²) in [6.45, 7) is 2.29. The number of likely N-dealkylation sites (tertiary alicyclic amines) is 1. The average molecular weight is 214 g/mol. The van der Waals surface area contributed by atoms with Gasteiger partial charge >= 0.3 is 5.97 Å². The second kappa shape index (κ2) is 5.11. The van der Waals surface area contributed by atoms with Crippen LogP contribution in [-0.4, -0.2) is 40.5 Å². The van der Waals surface area contributed by atoms with E-state index in [1.807, 2.05) is 0 Å². The van der Waals surface area contributed by atoms with Crippen LogP contribution in [0.2, 0.25) is 0 Å². The second-order valence-electron chi connectivity index (χ2n) is 4.12. The Kier molecular flexibility index (Phi) is 4.08. The van der Waals surface area contributed by atoms with E-state index in [-0.39, 0.29) is 18.4 Å². The third-order valence-electron chi connectivity index (χ3n) is 2.60. The molecule has 1 aliphatic heterocycles. The number of aliphatic carboxylic acids is 1. The van der Waals surface area contributed by atoms with Crippen LogP contribution in [-0.2, 0) is 9.59 Å². The standard InChI is InChI=1S/C10H18N2O3/c1-7(11)6-9(13)12-5-3-2-4-8(12)10(14)15/h7-8H,2-6,11H2,1H3,(H,14,15)/t7?,8-/m0/s1. The molecule has 0 saturated carbocycles. The summed E-state index contributed by atoms with van der Waals surface area (Å²) >= 11 is 0. The Morgan fingerprint density at radius 2 is 2.20 bits per heavy atom. The van der Waals surface area contributed by atoms with Crippen molar-refractivity contribution < 1.29 is 14.7 Å². The van der Waals surface area contributed by atoms with E-state index in [1.165, 1.54) is 4.90 Å². The van der Waals surface area contributed by atoms with E-state index in [9.17, 15) is 9.59 Å². The number of carboxylic acids is 1. The Bertz CT molecular complexity index is 253. The zero-order valence-electron chi connectivity index (χ0n) is 8.98. The van der Waals surface area contributed by atoms with E-state index < -0.39 is 12.0 Å². The van der Waals surface area contributed by atoms with Crippen molar-refractivity contribution in [3.05, 3.63) is 0 Å². The predicted octanol–water partition coefficient (Wildman–Crippen LogP) is 0.189. The van der Waals surface area contributed by atoms with Crippen molar-refractivity contribution in [2.24, 2.45) is 5.73 Å². The molecular formula is C10H18N2O3. The summed E-state index contributed by atoms with van der Waals surface area (Å²) in [5.41, 5.74) is 5.53. The van der Waals surface area contributed by atoms with Gasteiger partial charge in [0.2, 0.25) is 5.91 Å². The lowest BCUT2D eigenvalue weighted by Gasteiger charge is -2.33. The average Bonchev–Trinajstić information content (AvgIpc) is 2.16. The molecule has 0 bridgehead atoms. The van der Waals surface area contributed by atoms with E-state index in [1.54, 1.807) is 6.92 Å². The molecule has 1 unspecified atom stereocenters. The summed E-state index contributed by atoms with van der Waals surface area (Å²) in [5.74, 6) is -1.05. The van der Waals surface area contributed by atoms with Gasteiger partial charge in [0.05, 0.1) is 0 Å². The molecule has 0 radical (unpaired) electrons. The van der Waals surface area contributed by atoms with E-state index in [2.05, 4.69) is 0 Å². The minimum atomic E-state index is -0.910. The number of rotatable bonds is 3. The summed E-state index contributed by atoms with van der Waals surface area (Å²) < 4.78 is 0. The lowest BCUT2D eigenvalue weighted by molar-refractivity contribution is -0.152. The molecule has 0 spiro atoms. The molecule has 5 heteroatoms. The molecule has 1 amide bonds. The van der Waals surface area contributed by atoms with Crippen LogP contribution < -0.4 is 5.73 Å². The zero-order chi connectivity index (χ0) is 11.4. The Hall–Kier alpha value is -1.10. The maximum Gasteiger partial charge on any atom is 0.326 e. The third-order valence-corrected chi connectivity index (χ3v) is 2.60. The molecule has 0 aliphatic carbocycles. The van der Waals surface area contributed by atoms with E-state index in [0.717, 1.165) is 12.8 Å². The van der Waals surface area contributed by atoms with Crippen molar-refractivity contribution >= 4 is 11.9 Å². The zero-order valence-corrected chi connectivity index (χ0v) is 8.98. The van der Waals surface area contributed by atoms with Crippen LogP contribution in [0.3, 0.4) is 0 Å². The Balaban J connectivity index is 2.63. The molecule has 0 aromatic rings. The number of hydrogen-bond acceptors (Lipinski definition) is 3. The van der Waals surface area contributed by atoms with Crippen molar-refractivity contribution in [1.29, 1.82) is 0 Å². The molecule has 1 heterocycles. The molecule has 2 atom stereocenters. The number of carbonyl (C=O) groups excluding carboxylic acids is 1. The van der Waals surface area contributed by atoms with Gasteiger partial charge in [-0.05, 0) is 26.2 Å². The van der Waals surface area contributed by atoms with Crippen LogP contribution in [0.25, 0.3) is 0 Å². The summed E-state index contributed by atoms with van der Waals surface area (Å²) in [6, 6.07) is -0.862. The fourth-order valence-corrected chi connectivity index (χ4v) is 1.88. The third kappa shape index (κ3) is 3.20. The summed E-state index contributed by atoms with van der Waals surface area (Å²) in [6.07, 6.45) is 2.54. The maximum absolute atomic E-state index is 11.7. The van der Waals surface area contributed by atoms with Crippen LogP contribution in [0, 0.1) is 0 Å². The van der Waals surface area contributed by atoms with Crippen molar-refractivity contribution in [3.63, 3.8) is 0 Å². The highest BCUT2D eigenvalue weighted by molar-refractivity contribution is 5.84. The monoisotopic (exact) mass is 214 g/mol. The predicted molar refractivity (Wildman–Crippen MR) is 55.3 cm³/mol. The smallest absolute Gasteiger partial charge is 0.326 e. The molecular weight excluding hydrogens is 196 g/mol. The largest absolute Gasteiger partial charge is 0.480 e. The Morgan fingerprint density at radius 3 is 2.73 bits per heavy atom. The number of carboxylic acid groups (broad SMARTS) is 1. The van der Waals surface area contributed by atoms with Gasteiger partial charge < -0.3 is 15.7 Å². The maximum atomic E-state index is 11.7. The molecule has 0 aromatic heterocycles. The van der Waals surface area contributed by atoms with Gasteiger partial charge in [-0.15, -0.1) is 0 Å². The minimum absolute atomic E-state index is 0.142. The van der Waals surface area contributed by atoms with Crippen LogP contribution in [0.4, 0.5) is 0 Å². The van der Waals surface area contributed by atoms with Gasteiger partial charge in [-0.2, -0.15) is 0 Å². The van der Waals surface area contributed by atoms with E-state index >= 15 is 0 Å². The molecule has 5 nitrogen and oxygen atoms in total. The number of nitrogens with two attached hydrogens (primary N) is 1. The fourth-order valence-electron chi connectivity index (χ4n) is 1.88. The van der Waals surface area contributed by atoms with Gasteiger partial charge in [-0.1, -0.05) is 0 Å². The Labute approximate surface area is 89.2 Å². The lowest BCUT2D eigenvalue weighted by Crippen LogP contribution is -2.49. The van der Waals surface area contributed by atoms with Gasteiger partial charge in [-0.25, -0.2) is 4.79 Å².